The Hall–Kier alpha value is -0.383. The minimum Gasteiger partial charge on any atom is -0.353 e. The lowest BCUT2D eigenvalue weighted by atomic mass is 10.1. The molecule has 0 saturated carbocycles. The number of hydrogen-bond donors (Lipinski definition) is 0. The number of allylic oxidation sites excluding steroid dienone is 3. The van der Waals surface area contributed by atoms with Gasteiger partial charge in [0, 0.05) is 13.2 Å². The summed E-state index contributed by atoms with van der Waals surface area (Å²) in [5.74, 6) is 0. The zero-order chi connectivity index (χ0) is 17.5. The van der Waals surface area contributed by atoms with Crippen LogP contribution in [0.3, 0.4) is 0 Å². The van der Waals surface area contributed by atoms with Crippen LogP contribution in [-0.2, 0) is 9.47 Å². The molecule has 1 aliphatic heterocycles. The molecule has 1 unspecified atom stereocenters. The van der Waals surface area contributed by atoms with Crippen LogP contribution in [0.4, 0.5) is 0 Å². The van der Waals surface area contributed by atoms with E-state index in [1.807, 2.05) is 0 Å². The van der Waals surface area contributed by atoms with Crippen LogP contribution in [0.2, 0.25) is 19.6 Å². The van der Waals surface area contributed by atoms with Crippen LogP contribution in [0.15, 0.2) is 23.9 Å². The maximum atomic E-state index is 5.76. The average Bonchev–Trinajstić information content (AvgIpc) is 2.55. The zero-order valence-electron chi connectivity index (χ0n) is 16.4. The van der Waals surface area contributed by atoms with Crippen molar-refractivity contribution in [2.45, 2.75) is 96.6 Å². The lowest BCUT2D eigenvalue weighted by Crippen LogP contribution is -2.22. The van der Waals surface area contributed by atoms with Crippen molar-refractivity contribution in [2.24, 2.45) is 0 Å². The molecule has 3 heteroatoms. The Kier molecular flexibility index (Phi) is 12.5. The lowest BCUT2D eigenvalue weighted by Gasteiger charge is -2.22. The van der Waals surface area contributed by atoms with Crippen molar-refractivity contribution in [1.82, 2.24) is 0 Å². The van der Waals surface area contributed by atoms with E-state index in [0.29, 0.717) is 0 Å². The molecule has 0 spiro atoms. The first-order valence-corrected chi connectivity index (χ1v) is 13.7. The Morgan fingerprint density at radius 3 is 2.38 bits per heavy atom. The third-order valence-electron chi connectivity index (χ3n) is 4.26. The molecule has 0 amide bonds. The maximum Gasteiger partial charge on any atom is 0.157 e. The van der Waals surface area contributed by atoms with Crippen LogP contribution in [-0.4, -0.2) is 27.6 Å². The summed E-state index contributed by atoms with van der Waals surface area (Å²) in [6.45, 7) is 8.89. The van der Waals surface area contributed by atoms with Crippen molar-refractivity contribution < 1.29 is 9.47 Å². The van der Waals surface area contributed by atoms with Gasteiger partial charge in [-0.2, -0.15) is 0 Å². The highest BCUT2D eigenvalue weighted by molar-refractivity contribution is 6.80. The highest BCUT2D eigenvalue weighted by atomic mass is 28.3. The monoisotopic (exact) mass is 352 g/mol. The van der Waals surface area contributed by atoms with Crippen LogP contribution < -0.4 is 0 Å². The second-order valence-electron chi connectivity index (χ2n) is 8.05. The molecule has 1 saturated heterocycles. The van der Waals surface area contributed by atoms with Gasteiger partial charge < -0.3 is 9.47 Å². The van der Waals surface area contributed by atoms with Gasteiger partial charge in [-0.15, -0.1) is 0 Å². The van der Waals surface area contributed by atoms with Crippen LogP contribution in [0.1, 0.15) is 70.6 Å². The maximum absolute atomic E-state index is 5.76. The molecule has 2 nitrogen and oxygen atoms in total. The van der Waals surface area contributed by atoms with E-state index in [2.05, 4.69) is 43.6 Å². The summed E-state index contributed by atoms with van der Waals surface area (Å²) in [5, 5.41) is 0. The van der Waals surface area contributed by atoms with Gasteiger partial charge >= 0.3 is 0 Å². The zero-order valence-corrected chi connectivity index (χ0v) is 17.4. The lowest BCUT2D eigenvalue weighted by molar-refractivity contribution is -0.162. The van der Waals surface area contributed by atoms with Crippen LogP contribution in [0.5, 0.6) is 0 Å². The third kappa shape index (κ3) is 14.0. The topological polar surface area (TPSA) is 18.5 Å². The molecule has 0 aliphatic carbocycles. The van der Waals surface area contributed by atoms with Crippen LogP contribution in [0.25, 0.3) is 0 Å². The fourth-order valence-corrected chi connectivity index (χ4v) is 3.69. The number of hydrogen-bond acceptors (Lipinski definition) is 2. The second kappa shape index (κ2) is 13.9. The van der Waals surface area contributed by atoms with E-state index in [0.717, 1.165) is 26.1 Å². The van der Waals surface area contributed by atoms with Gasteiger partial charge in [-0.1, -0.05) is 69.3 Å². The Bertz CT molecular complexity index is 338. The molecule has 0 aromatic carbocycles. The Labute approximate surface area is 151 Å². The van der Waals surface area contributed by atoms with Crippen molar-refractivity contribution in [2.75, 3.05) is 13.2 Å². The van der Waals surface area contributed by atoms with Crippen molar-refractivity contribution >= 4 is 8.07 Å². The fourth-order valence-electron chi connectivity index (χ4n) is 2.84. The standard InChI is InChI=1S/C21H40O2Si/c1-24(2,3)20-16-12-10-8-6-4-5-7-9-11-14-18-22-21-17-13-15-19-23-21/h8,10,16,20-21H,4-7,9,11-15,17-19H2,1-3H3/b10-8-,20-16-. The average molecular weight is 353 g/mol. The summed E-state index contributed by atoms with van der Waals surface area (Å²) in [4.78, 5) is 0. The molecule has 1 heterocycles. The predicted molar refractivity (Wildman–Crippen MR) is 108 cm³/mol. The van der Waals surface area contributed by atoms with E-state index in [9.17, 15) is 0 Å². The summed E-state index contributed by atoms with van der Waals surface area (Å²) >= 11 is 0. The van der Waals surface area contributed by atoms with Crippen molar-refractivity contribution in [3.63, 3.8) is 0 Å². The van der Waals surface area contributed by atoms with Gasteiger partial charge in [0.25, 0.3) is 0 Å². The van der Waals surface area contributed by atoms with E-state index >= 15 is 0 Å². The summed E-state index contributed by atoms with van der Waals surface area (Å²) in [6.07, 6.45) is 20.9. The molecular formula is C21H40O2Si. The van der Waals surface area contributed by atoms with Gasteiger partial charge in [0.2, 0.25) is 0 Å². The first kappa shape index (κ1) is 21.7. The number of unbranched alkanes of at least 4 members (excludes halogenated alkanes) is 6. The van der Waals surface area contributed by atoms with E-state index in [1.165, 1.54) is 57.8 Å². The molecule has 0 aromatic rings. The Morgan fingerprint density at radius 1 is 0.917 bits per heavy atom. The Balaban J connectivity index is 1.79. The van der Waals surface area contributed by atoms with Crippen molar-refractivity contribution in [3.8, 4) is 0 Å². The van der Waals surface area contributed by atoms with Gasteiger partial charge in [0.05, 0.1) is 8.07 Å². The normalized spacial score (nSPS) is 19.5. The highest BCUT2D eigenvalue weighted by Gasteiger charge is 2.13. The van der Waals surface area contributed by atoms with Gasteiger partial charge in [-0.3, -0.25) is 0 Å². The highest BCUT2D eigenvalue weighted by Crippen LogP contribution is 2.14. The largest absolute Gasteiger partial charge is 0.353 e. The first-order chi connectivity index (χ1) is 11.6. The molecule has 1 fully saturated rings. The first-order valence-electron chi connectivity index (χ1n) is 10.1. The number of rotatable bonds is 13. The number of ether oxygens (including phenoxy) is 2. The van der Waals surface area contributed by atoms with E-state index in [4.69, 9.17) is 9.47 Å². The van der Waals surface area contributed by atoms with Crippen molar-refractivity contribution in [1.29, 1.82) is 0 Å². The third-order valence-corrected chi connectivity index (χ3v) is 5.50. The van der Waals surface area contributed by atoms with E-state index < -0.39 is 8.07 Å². The molecule has 0 N–H and O–H groups in total. The van der Waals surface area contributed by atoms with Gasteiger partial charge in [-0.05, 0) is 44.9 Å². The molecule has 140 valence electrons. The van der Waals surface area contributed by atoms with E-state index in [1.54, 1.807) is 0 Å². The van der Waals surface area contributed by atoms with Crippen molar-refractivity contribution in [3.05, 3.63) is 23.9 Å². The Morgan fingerprint density at radius 2 is 1.67 bits per heavy atom. The summed E-state index contributed by atoms with van der Waals surface area (Å²) in [7, 11) is -0.998. The molecule has 0 aromatic heterocycles. The molecule has 1 atom stereocenters. The predicted octanol–water partition coefficient (Wildman–Crippen LogP) is 6.64. The molecule has 0 bridgehead atoms. The van der Waals surface area contributed by atoms with Gasteiger partial charge in [0.15, 0.2) is 6.29 Å². The summed E-state index contributed by atoms with van der Waals surface area (Å²) in [5.41, 5.74) is 2.43. The van der Waals surface area contributed by atoms with Crippen LogP contribution >= 0.6 is 0 Å². The summed E-state index contributed by atoms with van der Waals surface area (Å²) in [6, 6.07) is 0. The molecule has 24 heavy (non-hydrogen) atoms. The minimum atomic E-state index is -0.998. The second-order valence-corrected chi connectivity index (χ2v) is 13.1. The van der Waals surface area contributed by atoms with E-state index in [-0.39, 0.29) is 6.29 Å². The van der Waals surface area contributed by atoms with Gasteiger partial charge in [-0.25, -0.2) is 0 Å². The molecule has 0 radical (unpaired) electrons. The molecule has 1 aliphatic rings. The molecular weight excluding hydrogens is 312 g/mol. The van der Waals surface area contributed by atoms with Gasteiger partial charge in [0.1, 0.15) is 0 Å². The summed E-state index contributed by atoms with van der Waals surface area (Å²) < 4.78 is 11.3. The van der Waals surface area contributed by atoms with Crippen LogP contribution in [0, 0.1) is 0 Å². The fraction of sp³-hybridized carbons (Fsp3) is 0.810. The SMILES string of the molecule is C[Si](C)(C)/C=C\C/C=C\CCCCCCCCOC1CCCCO1. The smallest absolute Gasteiger partial charge is 0.157 e. The quantitative estimate of drug-likeness (QED) is 0.210. The minimum absolute atomic E-state index is 0.0890. The molecule has 1 rings (SSSR count).